The topological polar surface area (TPSA) is 73.7 Å². The van der Waals surface area contributed by atoms with E-state index in [2.05, 4.69) is 5.10 Å². The van der Waals surface area contributed by atoms with Gasteiger partial charge in [-0.3, -0.25) is 4.68 Å². The molecule has 0 amide bonds. The summed E-state index contributed by atoms with van der Waals surface area (Å²) in [5.41, 5.74) is 1.35. The second-order valence-corrected chi connectivity index (χ2v) is 8.89. The number of aromatic nitrogens is 2. The number of benzene rings is 1. The number of sulfonamides is 1. The second kappa shape index (κ2) is 7.52. The SMILES string of the molecule is COc1ccc(OC)c(C2CCCN2S(=O)(=O)c2cn(C(C)C)nc2C)c1. The normalized spacial score (nSPS) is 18.2. The predicted octanol–water partition coefficient (Wildman–Crippen LogP) is 3.32. The van der Waals surface area contributed by atoms with Crippen molar-refractivity contribution in [3.8, 4) is 11.5 Å². The van der Waals surface area contributed by atoms with Crippen LogP contribution in [0.4, 0.5) is 0 Å². The number of ether oxygens (including phenoxy) is 2. The summed E-state index contributed by atoms with van der Waals surface area (Å²) in [4.78, 5) is 0.268. The smallest absolute Gasteiger partial charge is 0.247 e. The fourth-order valence-corrected chi connectivity index (χ4v) is 5.38. The van der Waals surface area contributed by atoms with Crippen LogP contribution in [0.15, 0.2) is 29.3 Å². The molecule has 1 unspecified atom stereocenters. The summed E-state index contributed by atoms with van der Waals surface area (Å²) in [5, 5.41) is 4.37. The van der Waals surface area contributed by atoms with E-state index in [4.69, 9.17) is 9.47 Å². The Morgan fingerprint density at radius 1 is 1.22 bits per heavy atom. The van der Waals surface area contributed by atoms with Crippen molar-refractivity contribution in [1.29, 1.82) is 0 Å². The molecule has 27 heavy (non-hydrogen) atoms. The van der Waals surface area contributed by atoms with E-state index in [0.29, 0.717) is 23.7 Å². The highest BCUT2D eigenvalue weighted by atomic mass is 32.2. The molecule has 1 aliphatic rings. The fourth-order valence-electron chi connectivity index (χ4n) is 3.55. The van der Waals surface area contributed by atoms with E-state index < -0.39 is 10.0 Å². The molecule has 0 saturated carbocycles. The molecule has 148 valence electrons. The standard InChI is InChI=1S/C19H27N3O4S/c1-13(2)21-12-19(14(3)20-21)27(23,24)22-10-6-7-17(22)16-11-15(25-4)8-9-18(16)26-5/h8-9,11-13,17H,6-7,10H2,1-5H3. The monoisotopic (exact) mass is 393 g/mol. The minimum absolute atomic E-state index is 0.0977. The van der Waals surface area contributed by atoms with Crippen molar-refractivity contribution in [2.24, 2.45) is 0 Å². The first-order valence-electron chi connectivity index (χ1n) is 9.09. The Morgan fingerprint density at radius 3 is 2.56 bits per heavy atom. The molecule has 1 saturated heterocycles. The average Bonchev–Trinajstić information content (AvgIpc) is 3.28. The highest BCUT2D eigenvalue weighted by molar-refractivity contribution is 7.89. The Kier molecular flexibility index (Phi) is 5.48. The number of methoxy groups -OCH3 is 2. The van der Waals surface area contributed by atoms with Crippen molar-refractivity contribution >= 4 is 10.0 Å². The van der Waals surface area contributed by atoms with Crippen LogP contribution < -0.4 is 9.47 Å². The van der Waals surface area contributed by atoms with Gasteiger partial charge in [0.05, 0.1) is 26.0 Å². The lowest BCUT2D eigenvalue weighted by Gasteiger charge is -2.25. The maximum absolute atomic E-state index is 13.4. The zero-order valence-electron chi connectivity index (χ0n) is 16.5. The summed E-state index contributed by atoms with van der Waals surface area (Å²) in [5.74, 6) is 1.34. The first kappa shape index (κ1) is 19.7. The Bertz CT molecular complexity index is 921. The van der Waals surface area contributed by atoms with Crippen LogP contribution in [0.2, 0.25) is 0 Å². The van der Waals surface area contributed by atoms with E-state index in [9.17, 15) is 8.42 Å². The van der Waals surface area contributed by atoms with Gasteiger partial charge in [0.1, 0.15) is 16.4 Å². The van der Waals surface area contributed by atoms with Gasteiger partial charge < -0.3 is 9.47 Å². The zero-order valence-corrected chi connectivity index (χ0v) is 17.3. The van der Waals surface area contributed by atoms with Crippen molar-refractivity contribution < 1.29 is 17.9 Å². The molecule has 1 aromatic carbocycles. The minimum atomic E-state index is -3.67. The molecular weight excluding hydrogens is 366 g/mol. The molecule has 1 aromatic heterocycles. The van der Waals surface area contributed by atoms with Crippen LogP contribution in [0, 0.1) is 6.92 Å². The van der Waals surface area contributed by atoms with Crippen LogP contribution in [0.25, 0.3) is 0 Å². The van der Waals surface area contributed by atoms with Gasteiger partial charge in [0, 0.05) is 24.3 Å². The van der Waals surface area contributed by atoms with Crippen molar-refractivity contribution in [2.75, 3.05) is 20.8 Å². The lowest BCUT2D eigenvalue weighted by Crippen LogP contribution is -2.31. The molecule has 0 aliphatic carbocycles. The Balaban J connectivity index is 2.04. The lowest BCUT2D eigenvalue weighted by molar-refractivity contribution is 0.361. The fraction of sp³-hybridized carbons (Fsp3) is 0.526. The van der Waals surface area contributed by atoms with Gasteiger partial charge in [0.2, 0.25) is 10.0 Å². The van der Waals surface area contributed by atoms with Gasteiger partial charge in [-0.05, 0) is 51.8 Å². The van der Waals surface area contributed by atoms with Gasteiger partial charge in [-0.2, -0.15) is 9.40 Å². The Hall–Kier alpha value is -2.06. The summed E-state index contributed by atoms with van der Waals surface area (Å²) in [6.45, 7) is 6.16. The summed E-state index contributed by atoms with van der Waals surface area (Å²) < 4.78 is 40.9. The third-order valence-corrected chi connectivity index (χ3v) is 7.00. The molecule has 1 atom stereocenters. The second-order valence-electron chi connectivity index (χ2n) is 7.03. The number of hydrogen-bond donors (Lipinski definition) is 0. The first-order valence-corrected chi connectivity index (χ1v) is 10.5. The quantitative estimate of drug-likeness (QED) is 0.753. The van der Waals surface area contributed by atoms with E-state index in [1.54, 1.807) is 36.3 Å². The van der Waals surface area contributed by atoms with E-state index in [-0.39, 0.29) is 17.0 Å². The molecule has 2 aromatic rings. The van der Waals surface area contributed by atoms with Crippen molar-refractivity contribution in [3.63, 3.8) is 0 Å². The molecule has 3 rings (SSSR count). The van der Waals surface area contributed by atoms with E-state index in [1.807, 2.05) is 32.0 Å². The van der Waals surface area contributed by atoms with Crippen LogP contribution in [0.1, 0.15) is 50.0 Å². The van der Waals surface area contributed by atoms with E-state index in [1.165, 1.54) is 0 Å². The minimum Gasteiger partial charge on any atom is -0.497 e. The molecule has 8 heteroatoms. The van der Waals surface area contributed by atoms with Crippen LogP contribution in [-0.4, -0.2) is 43.3 Å². The predicted molar refractivity (Wildman–Crippen MR) is 103 cm³/mol. The molecule has 0 N–H and O–H groups in total. The number of rotatable bonds is 6. The van der Waals surface area contributed by atoms with Gasteiger partial charge in [-0.1, -0.05) is 0 Å². The Labute approximate surface area is 160 Å². The van der Waals surface area contributed by atoms with Gasteiger partial charge >= 0.3 is 0 Å². The van der Waals surface area contributed by atoms with Gasteiger partial charge in [-0.25, -0.2) is 8.42 Å². The maximum atomic E-state index is 13.4. The van der Waals surface area contributed by atoms with Crippen LogP contribution >= 0.6 is 0 Å². The lowest BCUT2D eigenvalue weighted by atomic mass is 10.0. The molecule has 0 bridgehead atoms. The van der Waals surface area contributed by atoms with Crippen molar-refractivity contribution in [2.45, 2.75) is 50.6 Å². The Morgan fingerprint density at radius 2 is 1.96 bits per heavy atom. The highest BCUT2D eigenvalue weighted by Crippen LogP contribution is 2.42. The third kappa shape index (κ3) is 3.55. The van der Waals surface area contributed by atoms with Gasteiger partial charge in [-0.15, -0.1) is 0 Å². The van der Waals surface area contributed by atoms with Crippen LogP contribution in [-0.2, 0) is 10.0 Å². The number of hydrogen-bond acceptors (Lipinski definition) is 5. The average molecular weight is 394 g/mol. The molecule has 1 fully saturated rings. The molecular formula is C19H27N3O4S. The van der Waals surface area contributed by atoms with Crippen molar-refractivity contribution in [3.05, 3.63) is 35.7 Å². The molecule has 7 nitrogen and oxygen atoms in total. The first-order chi connectivity index (χ1) is 12.8. The van der Waals surface area contributed by atoms with E-state index in [0.717, 1.165) is 18.4 Å². The van der Waals surface area contributed by atoms with Crippen LogP contribution in [0.3, 0.4) is 0 Å². The van der Waals surface area contributed by atoms with Gasteiger partial charge in [0.25, 0.3) is 0 Å². The summed E-state index contributed by atoms with van der Waals surface area (Å²) in [6, 6.07) is 5.30. The summed E-state index contributed by atoms with van der Waals surface area (Å²) in [6.07, 6.45) is 3.16. The number of nitrogens with zero attached hydrogens (tertiary/aromatic N) is 3. The number of aryl methyl sites for hydroxylation is 1. The summed E-state index contributed by atoms with van der Waals surface area (Å²) in [7, 11) is -0.481. The molecule has 1 aliphatic heterocycles. The molecule has 0 spiro atoms. The van der Waals surface area contributed by atoms with E-state index >= 15 is 0 Å². The third-order valence-electron chi connectivity index (χ3n) is 4.99. The molecule has 2 heterocycles. The van der Waals surface area contributed by atoms with Crippen LogP contribution in [0.5, 0.6) is 11.5 Å². The highest BCUT2D eigenvalue weighted by Gasteiger charge is 2.39. The zero-order chi connectivity index (χ0) is 19.8. The van der Waals surface area contributed by atoms with Gasteiger partial charge in [0.15, 0.2) is 0 Å². The molecule has 0 radical (unpaired) electrons. The summed E-state index contributed by atoms with van der Waals surface area (Å²) >= 11 is 0. The maximum Gasteiger partial charge on any atom is 0.247 e. The largest absolute Gasteiger partial charge is 0.497 e. The van der Waals surface area contributed by atoms with Crippen molar-refractivity contribution in [1.82, 2.24) is 14.1 Å².